The lowest BCUT2D eigenvalue weighted by atomic mass is 10.0. The average molecular weight is 540 g/mol. The van der Waals surface area contributed by atoms with Crippen molar-refractivity contribution in [2.24, 2.45) is 5.92 Å². The number of likely N-dealkylation sites (N-methyl/N-ethyl adjacent to an activating group) is 1. The van der Waals surface area contributed by atoms with Crippen molar-refractivity contribution in [3.63, 3.8) is 0 Å². The molecule has 1 aliphatic heterocycles. The van der Waals surface area contributed by atoms with Gasteiger partial charge in [-0.25, -0.2) is 4.39 Å². The minimum Gasteiger partial charge on any atom is -0.483 e. The van der Waals surface area contributed by atoms with Crippen molar-refractivity contribution in [1.82, 2.24) is 14.8 Å². The molecular weight excluding hydrogens is 513 g/mol. The largest absolute Gasteiger partial charge is 0.483 e. The summed E-state index contributed by atoms with van der Waals surface area (Å²) in [5, 5.41) is 12.3. The summed E-state index contributed by atoms with van der Waals surface area (Å²) < 4.78 is 21.8. The first-order valence-electron chi connectivity index (χ1n) is 12.4. The number of halogens is 2. The Morgan fingerprint density at radius 2 is 1.97 bits per heavy atom. The molecule has 2 aromatic carbocycles. The standard InChI is InChI=1S/C28H27ClFN3O5/c1-2-33-27(37)23-25(38-15-17-7-4-3-5-8-17)24(35)20(13-32(23)16-28(33)11-19(28)14-34)26(36)31-12-18-9-6-10-21(29)22(18)30/h3-10,13,19,34H,2,11-12,14-16H2,1H3,(H,31,36)/t19-,28-/m1/s1. The van der Waals surface area contributed by atoms with Crippen LogP contribution in [-0.2, 0) is 19.7 Å². The molecule has 38 heavy (non-hydrogen) atoms. The third kappa shape index (κ3) is 4.46. The average Bonchev–Trinajstić information content (AvgIpc) is 3.62. The van der Waals surface area contributed by atoms with Gasteiger partial charge in [-0.05, 0) is 25.0 Å². The number of benzene rings is 2. The molecule has 1 spiro atoms. The van der Waals surface area contributed by atoms with Crippen molar-refractivity contribution >= 4 is 23.4 Å². The van der Waals surface area contributed by atoms with E-state index in [-0.39, 0.29) is 59.2 Å². The van der Waals surface area contributed by atoms with Crippen LogP contribution in [-0.4, -0.2) is 45.1 Å². The molecule has 0 bridgehead atoms. The molecule has 2 N–H and O–H groups in total. The lowest BCUT2D eigenvalue weighted by Gasteiger charge is -2.39. The Hall–Kier alpha value is -3.69. The zero-order valence-corrected chi connectivity index (χ0v) is 21.5. The molecular formula is C28H27ClFN3O5. The maximum atomic E-state index is 14.3. The summed E-state index contributed by atoms with van der Waals surface area (Å²) in [6, 6.07) is 13.6. The molecule has 0 saturated heterocycles. The lowest BCUT2D eigenvalue weighted by molar-refractivity contribution is 0.0504. The van der Waals surface area contributed by atoms with Crippen LogP contribution >= 0.6 is 11.6 Å². The normalized spacial score (nSPS) is 19.8. The molecule has 1 aliphatic carbocycles. The highest BCUT2D eigenvalue weighted by molar-refractivity contribution is 6.30. The Morgan fingerprint density at radius 3 is 2.66 bits per heavy atom. The van der Waals surface area contributed by atoms with E-state index in [9.17, 15) is 23.9 Å². The third-order valence-electron chi connectivity index (χ3n) is 7.35. The number of hydrogen-bond acceptors (Lipinski definition) is 5. The van der Waals surface area contributed by atoms with Crippen LogP contribution in [0, 0.1) is 11.7 Å². The number of nitrogens with one attached hydrogen (secondary N) is 1. The number of aromatic nitrogens is 1. The summed E-state index contributed by atoms with van der Waals surface area (Å²) >= 11 is 5.84. The number of fused-ring (bicyclic) bond motifs is 1. The van der Waals surface area contributed by atoms with Gasteiger partial charge in [-0.2, -0.15) is 0 Å². The predicted octanol–water partition coefficient (Wildman–Crippen LogP) is 3.38. The highest BCUT2D eigenvalue weighted by atomic mass is 35.5. The highest BCUT2D eigenvalue weighted by Gasteiger charge is 2.61. The number of carbonyl (C=O) groups excluding carboxylic acids is 2. The number of pyridine rings is 1. The lowest BCUT2D eigenvalue weighted by Crippen LogP contribution is -2.52. The maximum Gasteiger partial charge on any atom is 0.275 e. The van der Waals surface area contributed by atoms with E-state index in [0.29, 0.717) is 19.5 Å². The second-order valence-electron chi connectivity index (χ2n) is 9.58. The number of hydrogen-bond donors (Lipinski definition) is 2. The molecule has 2 heterocycles. The van der Waals surface area contributed by atoms with Gasteiger partial charge in [-0.3, -0.25) is 14.4 Å². The monoisotopic (exact) mass is 539 g/mol. The molecule has 1 aromatic heterocycles. The van der Waals surface area contributed by atoms with Crippen molar-refractivity contribution in [1.29, 1.82) is 0 Å². The molecule has 0 unspecified atom stereocenters. The fraction of sp³-hybridized carbons (Fsp3) is 0.321. The number of ether oxygens (including phenoxy) is 1. The van der Waals surface area contributed by atoms with E-state index in [0.717, 1.165) is 5.56 Å². The van der Waals surface area contributed by atoms with Gasteiger partial charge in [0.15, 0.2) is 11.4 Å². The molecule has 198 valence electrons. The number of aliphatic hydroxyl groups is 1. The minimum atomic E-state index is -0.733. The Bertz CT molecular complexity index is 1460. The van der Waals surface area contributed by atoms with Gasteiger partial charge in [-0.1, -0.05) is 54.1 Å². The summed E-state index contributed by atoms with van der Waals surface area (Å²) in [4.78, 5) is 42.1. The summed E-state index contributed by atoms with van der Waals surface area (Å²) in [6.07, 6.45) is 1.97. The van der Waals surface area contributed by atoms with Gasteiger partial charge in [0.05, 0.1) is 10.6 Å². The topological polar surface area (TPSA) is 101 Å². The summed E-state index contributed by atoms with van der Waals surface area (Å²) in [5.41, 5.74) is -0.525. The highest BCUT2D eigenvalue weighted by Crippen LogP contribution is 2.52. The Balaban J connectivity index is 1.53. The van der Waals surface area contributed by atoms with E-state index < -0.39 is 22.7 Å². The van der Waals surface area contributed by atoms with E-state index >= 15 is 0 Å². The SMILES string of the molecule is CCN1C(=O)c2c(OCc3ccccc3)c(=O)c(C(=O)NCc3cccc(Cl)c3F)cn2C[C@@]12C[C@@H]2CO. The minimum absolute atomic E-state index is 0.0195. The smallest absolute Gasteiger partial charge is 0.275 e. The molecule has 1 saturated carbocycles. The summed E-state index contributed by atoms with van der Waals surface area (Å²) in [6.45, 7) is 2.31. The number of nitrogens with zero attached hydrogens (tertiary/aromatic N) is 2. The van der Waals surface area contributed by atoms with Crippen molar-refractivity contribution < 1.29 is 23.8 Å². The molecule has 8 nitrogen and oxygen atoms in total. The van der Waals surface area contributed by atoms with E-state index in [1.807, 2.05) is 37.3 Å². The number of amides is 2. The Kier molecular flexibility index (Phi) is 6.98. The van der Waals surface area contributed by atoms with Crippen LogP contribution in [0.4, 0.5) is 4.39 Å². The molecule has 2 aliphatic rings. The number of aliphatic hydroxyl groups excluding tert-OH is 1. The molecule has 0 radical (unpaired) electrons. The fourth-order valence-corrected chi connectivity index (χ4v) is 5.45. The van der Waals surface area contributed by atoms with Crippen LogP contribution in [0.2, 0.25) is 5.02 Å². The first-order chi connectivity index (χ1) is 18.3. The number of rotatable bonds is 8. The van der Waals surface area contributed by atoms with Gasteiger partial charge in [0.25, 0.3) is 11.8 Å². The number of carbonyl (C=O) groups is 2. The van der Waals surface area contributed by atoms with Gasteiger partial charge in [-0.15, -0.1) is 0 Å². The van der Waals surface area contributed by atoms with Crippen molar-refractivity contribution in [3.8, 4) is 5.75 Å². The fourth-order valence-electron chi connectivity index (χ4n) is 5.26. The second-order valence-corrected chi connectivity index (χ2v) is 9.99. The van der Waals surface area contributed by atoms with Crippen LogP contribution in [0.25, 0.3) is 0 Å². The second kappa shape index (κ2) is 10.2. The predicted molar refractivity (Wildman–Crippen MR) is 139 cm³/mol. The van der Waals surface area contributed by atoms with Gasteiger partial charge in [0.2, 0.25) is 5.43 Å². The zero-order valence-electron chi connectivity index (χ0n) is 20.7. The van der Waals surface area contributed by atoms with Gasteiger partial charge in [0.1, 0.15) is 18.0 Å². The van der Waals surface area contributed by atoms with Gasteiger partial charge < -0.3 is 24.6 Å². The molecule has 10 heteroatoms. The van der Waals surface area contributed by atoms with Crippen LogP contribution in [0.1, 0.15) is 45.3 Å². The van der Waals surface area contributed by atoms with Crippen LogP contribution in [0.15, 0.2) is 59.5 Å². The van der Waals surface area contributed by atoms with Crippen molar-refractivity contribution in [3.05, 3.63) is 98.2 Å². The van der Waals surface area contributed by atoms with E-state index in [1.54, 1.807) is 15.5 Å². The molecule has 2 atom stereocenters. The van der Waals surface area contributed by atoms with E-state index in [4.69, 9.17) is 16.3 Å². The van der Waals surface area contributed by atoms with Crippen LogP contribution in [0.3, 0.4) is 0 Å². The maximum absolute atomic E-state index is 14.3. The van der Waals surface area contributed by atoms with E-state index in [2.05, 4.69) is 5.32 Å². The Morgan fingerprint density at radius 1 is 1.21 bits per heavy atom. The Labute approximate surface area is 223 Å². The quantitative estimate of drug-likeness (QED) is 0.457. The van der Waals surface area contributed by atoms with Gasteiger partial charge >= 0.3 is 0 Å². The van der Waals surface area contributed by atoms with Crippen LogP contribution in [0.5, 0.6) is 5.75 Å². The van der Waals surface area contributed by atoms with Crippen molar-refractivity contribution in [2.75, 3.05) is 13.2 Å². The van der Waals surface area contributed by atoms with Gasteiger partial charge in [0, 0.05) is 43.9 Å². The molecule has 1 fully saturated rings. The first-order valence-corrected chi connectivity index (χ1v) is 12.8. The summed E-state index contributed by atoms with van der Waals surface area (Å²) in [7, 11) is 0. The molecule has 5 rings (SSSR count). The first kappa shape index (κ1) is 25.9. The van der Waals surface area contributed by atoms with Crippen molar-refractivity contribution in [2.45, 2.75) is 38.6 Å². The molecule has 3 aromatic rings. The van der Waals surface area contributed by atoms with Crippen LogP contribution < -0.4 is 15.5 Å². The third-order valence-corrected chi connectivity index (χ3v) is 7.64. The molecule has 2 amide bonds. The zero-order chi connectivity index (χ0) is 27.0. The van der Waals surface area contributed by atoms with E-state index in [1.165, 1.54) is 18.3 Å². The summed E-state index contributed by atoms with van der Waals surface area (Å²) in [5.74, 6) is -2.09.